The van der Waals surface area contributed by atoms with Crippen LogP contribution in [0.25, 0.3) is 0 Å². The second kappa shape index (κ2) is 6.44. The van der Waals surface area contributed by atoms with E-state index < -0.39 is 12.1 Å². The van der Waals surface area contributed by atoms with E-state index in [1.807, 2.05) is 0 Å². The molecule has 0 aromatic heterocycles. The van der Waals surface area contributed by atoms with Crippen LogP contribution >= 0.6 is 0 Å². The minimum atomic E-state index is -1.54. The highest BCUT2D eigenvalue weighted by molar-refractivity contribution is 5.76. The highest BCUT2D eigenvalue weighted by atomic mass is 16.4. The average molecular weight is 244 g/mol. The van der Waals surface area contributed by atoms with Gasteiger partial charge in [-0.25, -0.2) is 9.59 Å². The van der Waals surface area contributed by atoms with E-state index in [0.29, 0.717) is 12.5 Å². The molecule has 1 fully saturated rings. The van der Waals surface area contributed by atoms with Gasteiger partial charge in [-0.2, -0.15) is 0 Å². The predicted octanol–water partition coefficient (Wildman–Crippen LogP) is 0.263. The molecule has 1 rings (SSSR count). The molecule has 98 valence electrons. The highest BCUT2D eigenvalue weighted by Gasteiger charge is 2.20. The lowest BCUT2D eigenvalue weighted by Gasteiger charge is -2.21. The summed E-state index contributed by atoms with van der Waals surface area (Å²) in [6.07, 6.45) is 3.19. The first-order chi connectivity index (χ1) is 8.00. The Labute approximate surface area is 101 Å². The lowest BCUT2D eigenvalue weighted by atomic mass is 10.1. The van der Waals surface area contributed by atoms with Crippen molar-refractivity contribution in [3.63, 3.8) is 0 Å². The fourth-order valence-corrected chi connectivity index (χ4v) is 2.07. The van der Waals surface area contributed by atoms with Crippen molar-refractivity contribution in [3.05, 3.63) is 0 Å². The minimum absolute atomic E-state index is 0.261. The molecule has 1 saturated carbocycles. The van der Waals surface area contributed by atoms with E-state index >= 15 is 0 Å². The zero-order valence-corrected chi connectivity index (χ0v) is 10.1. The van der Waals surface area contributed by atoms with Crippen molar-refractivity contribution in [1.29, 1.82) is 0 Å². The third-order valence-corrected chi connectivity index (χ3v) is 3.09. The van der Waals surface area contributed by atoms with Gasteiger partial charge >= 0.3 is 12.0 Å². The molecule has 0 aliphatic heterocycles. The number of carbonyl (C=O) groups is 2. The van der Waals surface area contributed by atoms with Crippen molar-refractivity contribution in [3.8, 4) is 0 Å². The average Bonchev–Trinajstić information content (AvgIpc) is 2.77. The maximum Gasteiger partial charge on any atom is 0.334 e. The summed E-state index contributed by atoms with van der Waals surface area (Å²) in [6, 6.07) is -0.336. The number of aliphatic carboxylic acids is 1. The van der Waals surface area contributed by atoms with Gasteiger partial charge in [0.15, 0.2) is 6.10 Å². The van der Waals surface area contributed by atoms with Crippen molar-refractivity contribution in [2.24, 2.45) is 5.92 Å². The molecule has 6 nitrogen and oxygen atoms in total. The molecule has 2 amide bonds. The van der Waals surface area contributed by atoms with Gasteiger partial charge in [0.2, 0.25) is 0 Å². The summed E-state index contributed by atoms with van der Waals surface area (Å²) in [4.78, 5) is 23.5. The standard InChI is InChI=1S/C11H20N2O4/c1-13(7-8-4-2-3-5-8)11(17)12-6-9(14)10(15)16/h8-9,14H,2-7H2,1H3,(H,12,17)(H,15,16). The third kappa shape index (κ3) is 4.60. The largest absolute Gasteiger partial charge is 0.479 e. The number of aliphatic hydroxyl groups excluding tert-OH is 1. The number of carboxylic acids is 1. The normalized spacial score (nSPS) is 17.8. The Bertz CT molecular complexity index is 277. The Balaban J connectivity index is 2.24. The highest BCUT2D eigenvalue weighted by Crippen LogP contribution is 2.24. The topological polar surface area (TPSA) is 89.9 Å². The minimum Gasteiger partial charge on any atom is -0.479 e. The van der Waals surface area contributed by atoms with Crippen LogP contribution in [-0.2, 0) is 4.79 Å². The van der Waals surface area contributed by atoms with Gasteiger partial charge in [-0.1, -0.05) is 12.8 Å². The van der Waals surface area contributed by atoms with E-state index in [4.69, 9.17) is 10.2 Å². The summed E-state index contributed by atoms with van der Waals surface area (Å²) in [5.41, 5.74) is 0. The molecule has 0 spiro atoms. The van der Waals surface area contributed by atoms with Gasteiger partial charge in [0.1, 0.15) is 0 Å². The third-order valence-electron chi connectivity index (χ3n) is 3.09. The number of aliphatic hydroxyl groups is 1. The Morgan fingerprint density at radius 1 is 1.41 bits per heavy atom. The molecule has 0 bridgehead atoms. The SMILES string of the molecule is CN(CC1CCCC1)C(=O)NCC(O)C(=O)O. The summed E-state index contributed by atoms with van der Waals surface area (Å²) in [5, 5.41) is 19.9. The van der Waals surface area contributed by atoms with Gasteiger partial charge in [-0.3, -0.25) is 0 Å². The maximum absolute atomic E-state index is 11.6. The molecule has 1 unspecified atom stereocenters. The van der Waals surface area contributed by atoms with Crippen molar-refractivity contribution in [2.45, 2.75) is 31.8 Å². The molecule has 17 heavy (non-hydrogen) atoms. The Morgan fingerprint density at radius 2 is 2.00 bits per heavy atom. The van der Waals surface area contributed by atoms with Gasteiger partial charge in [0.25, 0.3) is 0 Å². The second-order valence-electron chi connectivity index (χ2n) is 4.57. The van der Waals surface area contributed by atoms with E-state index in [2.05, 4.69) is 5.32 Å². The van der Waals surface area contributed by atoms with E-state index in [9.17, 15) is 9.59 Å². The summed E-state index contributed by atoms with van der Waals surface area (Å²) in [6.45, 7) is 0.429. The van der Waals surface area contributed by atoms with Crippen molar-refractivity contribution in [1.82, 2.24) is 10.2 Å². The van der Waals surface area contributed by atoms with Crippen LogP contribution in [0.5, 0.6) is 0 Å². The zero-order chi connectivity index (χ0) is 12.8. The number of nitrogens with zero attached hydrogens (tertiary/aromatic N) is 1. The number of hydrogen-bond acceptors (Lipinski definition) is 3. The monoisotopic (exact) mass is 244 g/mol. The van der Waals surface area contributed by atoms with Crippen LogP contribution < -0.4 is 5.32 Å². The fourth-order valence-electron chi connectivity index (χ4n) is 2.07. The molecule has 3 N–H and O–H groups in total. The van der Waals surface area contributed by atoms with E-state index in [1.165, 1.54) is 12.8 Å². The maximum atomic E-state index is 11.6. The van der Waals surface area contributed by atoms with E-state index in [-0.39, 0.29) is 12.6 Å². The van der Waals surface area contributed by atoms with Crippen molar-refractivity contribution in [2.75, 3.05) is 20.1 Å². The fraction of sp³-hybridized carbons (Fsp3) is 0.818. The van der Waals surface area contributed by atoms with Gasteiger partial charge in [0, 0.05) is 13.6 Å². The van der Waals surface area contributed by atoms with Gasteiger partial charge in [0.05, 0.1) is 6.54 Å². The van der Waals surface area contributed by atoms with Crippen LogP contribution in [-0.4, -0.2) is 53.4 Å². The smallest absolute Gasteiger partial charge is 0.334 e. The lowest BCUT2D eigenvalue weighted by molar-refractivity contribution is -0.146. The Hall–Kier alpha value is -1.30. The molecule has 0 radical (unpaired) electrons. The molecule has 1 atom stereocenters. The zero-order valence-electron chi connectivity index (χ0n) is 10.1. The lowest BCUT2D eigenvalue weighted by Crippen LogP contribution is -2.44. The van der Waals surface area contributed by atoms with Crippen LogP contribution in [0.15, 0.2) is 0 Å². The van der Waals surface area contributed by atoms with Crippen LogP contribution in [0.2, 0.25) is 0 Å². The summed E-state index contributed by atoms with van der Waals surface area (Å²) in [7, 11) is 1.68. The van der Waals surface area contributed by atoms with Crippen molar-refractivity contribution < 1.29 is 19.8 Å². The van der Waals surface area contributed by atoms with Crippen LogP contribution in [0.1, 0.15) is 25.7 Å². The predicted molar refractivity (Wildman–Crippen MR) is 61.6 cm³/mol. The van der Waals surface area contributed by atoms with Gasteiger partial charge < -0.3 is 20.4 Å². The molecule has 0 aromatic carbocycles. The first-order valence-electron chi connectivity index (χ1n) is 5.90. The summed E-state index contributed by atoms with van der Waals surface area (Å²) < 4.78 is 0. The Morgan fingerprint density at radius 3 is 2.53 bits per heavy atom. The molecular weight excluding hydrogens is 224 g/mol. The van der Waals surface area contributed by atoms with E-state index in [0.717, 1.165) is 12.8 Å². The number of urea groups is 1. The van der Waals surface area contributed by atoms with Gasteiger partial charge in [-0.05, 0) is 18.8 Å². The molecule has 1 aliphatic carbocycles. The second-order valence-corrected chi connectivity index (χ2v) is 4.57. The number of carbonyl (C=O) groups excluding carboxylic acids is 1. The summed E-state index contributed by atoms with van der Waals surface area (Å²) in [5.74, 6) is -0.779. The van der Waals surface area contributed by atoms with E-state index in [1.54, 1.807) is 11.9 Å². The first kappa shape index (κ1) is 13.8. The quantitative estimate of drug-likeness (QED) is 0.647. The Kier molecular flexibility index (Phi) is 5.21. The van der Waals surface area contributed by atoms with Crippen LogP contribution in [0, 0.1) is 5.92 Å². The molecule has 0 aromatic rings. The first-order valence-corrected chi connectivity index (χ1v) is 5.90. The molecule has 1 aliphatic rings. The summed E-state index contributed by atoms with van der Waals surface area (Å²) >= 11 is 0. The number of nitrogens with one attached hydrogen (secondary N) is 1. The van der Waals surface area contributed by atoms with Gasteiger partial charge in [-0.15, -0.1) is 0 Å². The number of amides is 2. The number of carboxylic acid groups (broad SMARTS) is 1. The number of rotatable bonds is 5. The van der Waals surface area contributed by atoms with Crippen LogP contribution in [0.3, 0.4) is 0 Å². The van der Waals surface area contributed by atoms with Crippen LogP contribution in [0.4, 0.5) is 4.79 Å². The van der Waals surface area contributed by atoms with Crippen molar-refractivity contribution >= 4 is 12.0 Å². The molecule has 0 saturated heterocycles. The molecular formula is C11H20N2O4. The molecule has 6 heteroatoms. The number of hydrogen-bond donors (Lipinski definition) is 3. The molecule has 0 heterocycles.